The zero-order chi connectivity index (χ0) is 21.8. The third-order valence-corrected chi connectivity index (χ3v) is 4.09. The molecular formula is C20H29N3O6. The molecule has 0 aliphatic carbocycles. The van der Waals surface area contributed by atoms with Gasteiger partial charge in [-0.1, -0.05) is 62.1 Å². The molecule has 1 atom stereocenters. The lowest BCUT2D eigenvalue weighted by atomic mass is 10.1. The monoisotopic (exact) mass is 407 g/mol. The van der Waals surface area contributed by atoms with Gasteiger partial charge in [-0.15, -0.1) is 0 Å². The molecule has 1 unspecified atom stereocenters. The molecule has 0 heterocycles. The third-order valence-electron chi connectivity index (χ3n) is 4.09. The molecule has 9 nitrogen and oxygen atoms in total. The molecule has 0 aliphatic heterocycles. The molecule has 1 amide bonds. The minimum atomic E-state index is -1.14. The number of hydrogen-bond donors (Lipinski definition) is 2. The predicted molar refractivity (Wildman–Crippen MR) is 106 cm³/mol. The van der Waals surface area contributed by atoms with Crippen molar-refractivity contribution in [3.8, 4) is 0 Å². The fourth-order valence-corrected chi connectivity index (χ4v) is 2.48. The first-order chi connectivity index (χ1) is 13.8. The predicted octanol–water partition coefficient (Wildman–Crippen LogP) is 3.05. The summed E-state index contributed by atoms with van der Waals surface area (Å²) in [5.74, 6) is -2.50. The third kappa shape index (κ3) is 7.81. The molecule has 2 N–H and O–H groups in total. The van der Waals surface area contributed by atoms with Crippen LogP contribution in [0.4, 0.5) is 4.79 Å². The van der Waals surface area contributed by atoms with Crippen molar-refractivity contribution >= 4 is 24.0 Å². The van der Waals surface area contributed by atoms with Crippen LogP contribution in [-0.2, 0) is 25.6 Å². The first-order valence-electron chi connectivity index (χ1n) is 9.57. The standard InChI is InChI=1S/C20H29N3O6/c1-4-6-12-16(18(25)26)22(3)19(21)23(20(27)28-13-5-2)29-17(24)14-15-10-8-7-9-11-15/h7-11,16,21H,4-6,12-14H2,1-3H3,(H,25,26). The van der Waals surface area contributed by atoms with E-state index < -0.39 is 30.0 Å². The van der Waals surface area contributed by atoms with E-state index in [4.69, 9.17) is 15.0 Å². The number of likely N-dealkylation sites (N-methyl/N-ethyl adjacent to an activating group) is 1. The van der Waals surface area contributed by atoms with E-state index in [1.807, 2.05) is 6.92 Å². The van der Waals surface area contributed by atoms with Gasteiger partial charge in [-0.2, -0.15) is 0 Å². The number of aliphatic carboxylic acids is 1. The van der Waals surface area contributed by atoms with Gasteiger partial charge in [-0.3, -0.25) is 5.41 Å². The van der Waals surface area contributed by atoms with E-state index in [-0.39, 0.29) is 19.4 Å². The summed E-state index contributed by atoms with van der Waals surface area (Å²) in [6.07, 6.45) is 1.05. The molecule has 0 saturated heterocycles. The first kappa shape index (κ1) is 23.9. The minimum absolute atomic E-state index is 0.0702. The van der Waals surface area contributed by atoms with E-state index in [0.717, 1.165) is 11.3 Å². The van der Waals surface area contributed by atoms with Gasteiger partial charge >= 0.3 is 18.0 Å². The van der Waals surface area contributed by atoms with Gasteiger partial charge in [0.1, 0.15) is 6.04 Å². The lowest BCUT2D eigenvalue weighted by molar-refractivity contribution is -0.169. The molecule has 160 valence electrons. The van der Waals surface area contributed by atoms with E-state index >= 15 is 0 Å². The number of unbranched alkanes of at least 4 members (excludes halogenated alkanes) is 1. The minimum Gasteiger partial charge on any atom is -0.480 e. The van der Waals surface area contributed by atoms with Gasteiger partial charge in [0.2, 0.25) is 5.96 Å². The summed E-state index contributed by atoms with van der Waals surface area (Å²) >= 11 is 0. The molecule has 1 rings (SSSR count). The molecule has 1 aromatic rings. The highest BCUT2D eigenvalue weighted by Gasteiger charge is 2.33. The number of nitrogens with zero attached hydrogens (tertiary/aromatic N) is 2. The van der Waals surface area contributed by atoms with E-state index in [2.05, 4.69) is 0 Å². The number of guanidine groups is 1. The lowest BCUT2D eigenvalue weighted by Crippen LogP contribution is -2.52. The van der Waals surface area contributed by atoms with E-state index in [1.54, 1.807) is 37.3 Å². The normalized spacial score (nSPS) is 11.3. The Labute approximate surface area is 170 Å². The fraction of sp³-hybridized carbons (Fsp3) is 0.500. The molecule has 9 heteroatoms. The number of carboxylic acids is 1. The van der Waals surface area contributed by atoms with Gasteiger partial charge in [0.05, 0.1) is 13.0 Å². The molecule has 1 aromatic carbocycles. The second-order valence-corrected chi connectivity index (χ2v) is 6.47. The Morgan fingerprint density at radius 1 is 1.14 bits per heavy atom. The van der Waals surface area contributed by atoms with Crippen LogP contribution < -0.4 is 0 Å². The molecule has 29 heavy (non-hydrogen) atoms. The SMILES string of the molecule is CCCCC(C(=O)O)N(C)C(=N)N(OC(=O)Cc1ccccc1)C(=O)OCCC. The number of benzene rings is 1. The Morgan fingerprint density at radius 2 is 1.79 bits per heavy atom. The quantitative estimate of drug-likeness (QED) is 0.367. The highest BCUT2D eigenvalue weighted by atomic mass is 16.8. The molecule has 0 saturated carbocycles. The number of hydroxylamine groups is 2. The van der Waals surface area contributed by atoms with Gasteiger partial charge in [-0.05, 0) is 18.4 Å². The summed E-state index contributed by atoms with van der Waals surface area (Å²) in [4.78, 5) is 42.4. The van der Waals surface area contributed by atoms with Crippen molar-refractivity contribution in [1.29, 1.82) is 5.41 Å². The van der Waals surface area contributed by atoms with Crippen LogP contribution in [0.1, 0.15) is 45.1 Å². The molecule has 0 bridgehead atoms. The maximum atomic E-state index is 12.4. The average molecular weight is 407 g/mol. The van der Waals surface area contributed by atoms with Crippen LogP contribution in [0.15, 0.2) is 30.3 Å². The van der Waals surface area contributed by atoms with Crippen LogP contribution in [-0.4, -0.2) is 58.8 Å². The van der Waals surface area contributed by atoms with Crippen molar-refractivity contribution in [2.24, 2.45) is 0 Å². The van der Waals surface area contributed by atoms with Crippen molar-refractivity contribution in [2.45, 2.75) is 52.0 Å². The van der Waals surface area contributed by atoms with Crippen molar-refractivity contribution in [2.75, 3.05) is 13.7 Å². The van der Waals surface area contributed by atoms with Gasteiger partial charge in [0.15, 0.2) is 0 Å². The molecule has 0 radical (unpaired) electrons. The van der Waals surface area contributed by atoms with Crippen LogP contribution in [0.5, 0.6) is 0 Å². The van der Waals surface area contributed by atoms with Gasteiger partial charge < -0.3 is 19.6 Å². The lowest BCUT2D eigenvalue weighted by Gasteiger charge is -2.31. The smallest absolute Gasteiger partial charge is 0.451 e. The number of hydrogen-bond acceptors (Lipinski definition) is 6. The van der Waals surface area contributed by atoms with Crippen molar-refractivity contribution in [3.05, 3.63) is 35.9 Å². The summed E-state index contributed by atoms with van der Waals surface area (Å²) in [7, 11) is 1.36. The summed E-state index contributed by atoms with van der Waals surface area (Å²) in [5.41, 5.74) is 0.672. The summed E-state index contributed by atoms with van der Waals surface area (Å²) in [6, 6.07) is 7.73. The Balaban J connectivity index is 2.96. The maximum absolute atomic E-state index is 12.4. The van der Waals surface area contributed by atoms with Crippen LogP contribution in [0.3, 0.4) is 0 Å². The average Bonchev–Trinajstić information content (AvgIpc) is 2.70. The van der Waals surface area contributed by atoms with E-state index in [9.17, 15) is 19.5 Å². The molecule has 0 fully saturated rings. The number of carboxylic acid groups (broad SMARTS) is 1. The summed E-state index contributed by atoms with van der Waals surface area (Å²) in [6.45, 7) is 3.78. The van der Waals surface area contributed by atoms with E-state index in [0.29, 0.717) is 23.5 Å². The zero-order valence-corrected chi connectivity index (χ0v) is 17.1. The second kappa shape index (κ2) is 12.4. The topological polar surface area (TPSA) is 120 Å². The molecule has 0 spiro atoms. The summed E-state index contributed by atoms with van der Waals surface area (Å²) < 4.78 is 4.99. The number of rotatable bonds is 9. The van der Waals surface area contributed by atoms with E-state index in [1.165, 1.54) is 7.05 Å². The Bertz CT molecular complexity index is 695. The van der Waals surface area contributed by atoms with Crippen LogP contribution in [0.2, 0.25) is 0 Å². The molecule has 0 aromatic heterocycles. The second-order valence-electron chi connectivity index (χ2n) is 6.47. The zero-order valence-electron chi connectivity index (χ0n) is 17.1. The Morgan fingerprint density at radius 3 is 2.34 bits per heavy atom. The Kier molecular flexibility index (Phi) is 10.2. The van der Waals surface area contributed by atoms with Crippen LogP contribution in [0, 0.1) is 5.41 Å². The Hall–Kier alpha value is -3.10. The van der Waals surface area contributed by atoms with Crippen molar-refractivity contribution < 1.29 is 29.1 Å². The van der Waals surface area contributed by atoms with Crippen LogP contribution in [0.25, 0.3) is 0 Å². The number of ether oxygens (including phenoxy) is 1. The van der Waals surface area contributed by atoms with Crippen LogP contribution >= 0.6 is 0 Å². The fourth-order valence-electron chi connectivity index (χ4n) is 2.48. The van der Waals surface area contributed by atoms with Gasteiger partial charge in [0, 0.05) is 7.05 Å². The van der Waals surface area contributed by atoms with Crippen molar-refractivity contribution in [3.63, 3.8) is 0 Å². The number of carbonyl (C=O) groups excluding carboxylic acids is 2. The maximum Gasteiger partial charge on any atom is 0.451 e. The number of carbonyl (C=O) groups is 3. The largest absolute Gasteiger partial charge is 0.480 e. The molecular weight excluding hydrogens is 378 g/mol. The molecule has 0 aliphatic rings. The summed E-state index contributed by atoms with van der Waals surface area (Å²) in [5, 5.41) is 18.1. The van der Waals surface area contributed by atoms with Crippen molar-refractivity contribution in [1.82, 2.24) is 9.96 Å². The highest BCUT2D eigenvalue weighted by Crippen LogP contribution is 2.12. The van der Waals surface area contributed by atoms with Gasteiger partial charge in [0.25, 0.3) is 0 Å². The highest BCUT2D eigenvalue weighted by molar-refractivity contribution is 5.94. The first-order valence-corrected chi connectivity index (χ1v) is 9.57. The van der Waals surface area contributed by atoms with Gasteiger partial charge in [-0.25, -0.2) is 14.4 Å². The number of nitrogens with one attached hydrogen (secondary N) is 1. The number of amides is 1.